The highest BCUT2D eigenvalue weighted by Crippen LogP contribution is 2.25. The van der Waals surface area contributed by atoms with Crippen molar-refractivity contribution < 1.29 is 27.9 Å². The fourth-order valence-corrected chi connectivity index (χ4v) is 1.69. The SMILES string of the molecule is Cc1cccc(C(=O)NC(CC(=O)O)C(F)(F)F)c1Cl. The Bertz CT molecular complexity index is 531. The number of carboxylic acids is 1. The second-order valence-electron chi connectivity index (χ2n) is 4.10. The Hall–Kier alpha value is -1.76. The number of rotatable bonds is 4. The van der Waals surface area contributed by atoms with Gasteiger partial charge >= 0.3 is 12.1 Å². The smallest absolute Gasteiger partial charge is 0.409 e. The van der Waals surface area contributed by atoms with Crippen molar-refractivity contribution in [2.45, 2.75) is 25.6 Å². The van der Waals surface area contributed by atoms with Gasteiger partial charge in [-0.3, -0.25) is 9.59 Å². The van der Waals surface area contributed by atoms with Gasteiger partial charge in [0.1, 0.15) is 6.04 Å². The minimum absolute atomic E-state index is 0.0289. The fraction of sp³-hybridized carbons (Fsp3) is 0.333. The molecular formula is C12H11ClF3NO3. The number of alkyl halides is 3. The van der Waals surface area contributed by atoms with Crippen LogP contribution in [0.3, 0.4) is 0 Å². The van der Waals surface area contributed by atoms with Crippen LogP contribution in [0.2, 0.25) is 5.02 Å². The van der Waals surface area contributed by atoms with Gasteiger partial charge in [-0.1, -0.05) is 23.7 Å². The van der Waals surface area contributed by atoms with Crippen LogP contribution < -0.4 is 5.32 Å². The van der Waals surface area contributed by atoms with Crippen LogP contribution in [-0.2, 0) is 4.79 Å². The van der Waals surface area contributed by atoms with Crippen molar-refractivity contribution in [2.75, 3.05) is 0 Å². The number of carboxylic acid groups (broad SMARTS) is 1. The molecule has 0 radical (unpaired) electrons. The summed E-state index contributed by atoms with van der Waals surface area (Å²) in [6.07, 6.45) is -6.11. The summed E-state index contributed by atoms with van der Waals surface area (Å²) in [4.78, 5) is 22.2. The lowest BCUT2D eigenvalue weighted by atomic mass is 10.1. The standard InChI is InChI=1S/C12H11ClF3NO3/c1-6-3-2-4-7(10(6)13)11(20)17-8(5-9(18)19)12(14,15)16/h2-4,8H,5H2,1H3,(H,17,20)(H,18,19). The molecular weight excluding hydrogens is 299 g/mol. The Morgan fingerprint density at radius 3 is 2.50 bits per heavy atom. The van der Waals surface area contributed by atoms with Crippen LogP contribution in [0.1, 0.15) is 22.3 Å². The second kappa shape index (κ2) is 6.13. The highest BCUT2D eigenvalue weighted by molar-refractivity contribution is 6.34. The third-order valence-corrected chi connectivity index (χ3v) is 3.02. The van der Waals surface area contributed by atoms with Crippen molar-refractivity contribution >= 4 is 23.5 Å². The number of halogens is 4. The summed E-state index contributed by atoms with van der Waals surface area (Å²) >= 11 is 5.83. The number of aryl methyl sites for hydroxylation is 1. The van der Waals surface area contributed by atoms with Crippen LogP contribution in [0.25, 0.3) is 0 Å². The number of amides is 1. The van der Waals surface area contributed by atoms with E-state index in [1.54, 1.807) is 18.3 Å². The minimum atomic E-state index is -4.86. The maximum Gasteiger partial charge on any atom is 0.409 e. The zero-order chi connectivity index (χ0) is 15.5. The van der Waals surface area contributed by atoms with E-state index in [0.29, 0.717) is 5.56 Å². The summed E-state index contributed by atoms with van der Waals surface area (Å²) in [5.41, 5.74) is 0.396. The number of carbonyl (C=O) groups is 2. The molecule has 0 heterocycles. The molecule has 2 N–H and O–H groups in total. The molecule has 0 saturated carbocycles. The first-order valence-electron chi connectivity index (χ1n) is 5.47. The third kappa shape index (κ3) is 4.12. The van der Waals surface area contributed by atoms with E-state index >= 15 is 0 Å². The average Bonchev–Trinajstić information content (AvgIpc) is 2.30. The molecule has 8 heteroatoms. The number of aliphatic carboxylic acids is 1. The Morgan fingerprint density at radius 2 is 2.00 bits per heavy atom. The highest BCUT2D eigenvalue weighted by atomic mass is 35.5. The lowest BCUT2D eigenvalue weighted by Gasteiger charge is -2.20. The molecule has 1 amide bonds. The molecule has 110 valence electrons. The van der Waals surface area contributed by atoms with Gasteiger partial charge < -0.3 is 10.4 Å². The Kier molecular flexibility index (Phi) is 4.99. The molecule has 0 spiro atoms. The van der Waals surface area contributed by atoms with E-state index in [-0.39, 0.29) is 10.6 Å². The molecule has 0 aromatic heterocycles. The predicted octanol–water partition coefficient (Wildman–Crippen LogP) is 2.78. The summed E-state index contributed by atoms with van der Waals surface area (Å²) in [6.45, 7) is 1.59. The maximum absolute atomic E-state index is 12.6. The summed E-state index contributed by atoms with van der Waals surface area (Å²) in [6, 6.07) is 1.86. The van der Waals surface area contributed by atoms with Crippen molar-refractivity contribution in [3.63, 3.8) is 0 Å². The molecule has 0 fully saturated rings. The zero-order valence-corrected chi connectivity index (χ0v) is 11.0. The van der Waals surface area contributed by atoms with Crippen molar-refractivity contribution in [1.29, 1.82) is 0 Å². The molecule has 4 nitrogen and oxygen atoms in total. The highest BCUT2D eigenvalue weighted by Gasteiger charge is 2.42. The maximum atomic E-state index is 12.6. The molecule has 1 aromatic carbocycles. The van der Waals surface area contributed by atoms with E-state index < -0.39 is 30.5 Å². The van der Waals surface area contributed by atoms with Crippen LogP contribution >= 0.6 is 11.6 Å². The van der Waals surface area contributed by atoms with Gasteiger partial charge in [0, 0.05) is 0 Å². The second-order valence-corrected chi connectivity index (χ2v) is 4.48. The van der Waals surface area contributed by atoms with E-state index in [2.05, 4.69) is 0 Å². The van der Waals surface area contributed by atoms with Gasteiger partial charge in [-0.15, -0.1) is 0 Å². The van der Waals surface area contributed by atoms with Gasteiger partial charge in [0.15, 0.2) is 0 Å². The van der Waals surface area contributed by atoms with E-state index in [9.17, 15) is 22.8 Å². The molecule has 0 aliphatic heterocycles. The average molecular weight is 310 g/mol. The largest absolute Gasteiger partial charge is 0.481 e. The molecule has 0 aliphatic rings. The quantitative estimate of drug-likeness (QED) is 0.898. The van der Waals surface area contributed by atoms with Gasteiger partial charge in [0.2, 0.25) is 0 Å². The van der Waals surface area contributed by atoms with Crippen LogP contribution in [0.4, 0.5) is 13.2 Å². The summed E-state index contributed by atoms with van der Waals surface area (Å²) < 4.78 is 37.9. The van der Waals surface area contributed by atoms with Gasteiger partial charge in [0.05, 0.1) is 17.0 Å². The molecule has 1 rings (SSSR count). The molecule has 1 atom stereocenters. The van der Waals surface area contributed by atoms with Gasteiger partial charge in [-0.2, -0.15) is 13.2 Å². The molecule has 1 unspecified atom stereocenters. The van der Waals surface area contributed by atoms with Crippen LogP contribution in [0.5, 0.6) is 0 Å². The molecule has 0 aliphatic carbocycles. The number of carbonyl (C=O) groups excluding carboxylic acids is 1. The van der Waals surface area contributed by atoms with Crippen LogP contribution in [0, 0.1) is 6.92 Å². The summed E-state index contributed by atoms with van der Waals surface area (Å²) in [7, 11) is 0. The minimum Gasteiger partial charge on any atom is -0.481 e. The summed E-state index contributed by atoms with van der Waals surface area (Å²) in [5.74, 6) is -2.73. The topological polar surface area (TPSA) is 66.4 Å². The van der Waals surface area contributed by atoms with Crippen molar-refractivity contribution in [2.24, 2.45) is 0 Å². The lowest BCUT2D eigenvalue weighted by Crippen LogP contribution is -2.46. The fourth-order valence-electron chi connectivity index (χ4n) is 1.48. The first kappa shape index (κ1) is 16.3. The first-order valence-corrected chi connectivity index (χ1v) is 5.85. The van der Waals surface area contributed by atoms with Crippen molar-refractivity contribution in [3.8, 4) is 0 Å². The first-order chi connectivity index (χ1) is 9.12. The monoisotopic (exact) mass is 309 g/mol. The lowest BCUT2D eigenvalue weighted by molar-refractivity contribution is -0.165. The molecule has 0 bridgehead atoms. The Balaban J connectivity index is 2.96. The number of benzene rings is 1. The Morgan fingerprint density at radius 1 is 1.40 bits per heavy atom. The van der Waals surface area contributed by atoms with Gasteiger partial charge in [-0.05, 0) is 18.6 Å². The normalized spacial score (nSPS) is 12.8. The molecule has 1 aromatic rings. The predicted molar refractivity (Wildman–Crippen MR) is 65.8 cm³/mol. The van der Waals surface area contributed by atoms with E-state index in [4.69, 9.17) is 16.7 Å². The van der Waals surface area contributed by atoms with E-state index in [0.717, 1.165) is 0 Å². The summed E-state index contributed by atoms with van der Waals surface area (Å²) in [5, 5.41) is 10.1. The van der Waals surface area contributed by atoms with Crippen LogP contribution in [-0.4, -0.2) is 29.2 Å². The van der Waals surface area contributed by atoms with Gasteiger partial charge in [-0.25, -0.2) is 0 Å². The molecule has 20 heavy (non-hydrogen) atoms. The van der Waals surface area contributed by atoms with Gasteiger partial charge in [0.25, 0.3) is 5.91 Å². The van der Waals surface area contributed by atoms with Crippen molar-refractivity contribution in [1.82, 2.24) is 5.32 Å². The number of hydrogen-bond acceptors (Lipinski definition) is 2. The Labute approximate surface area is 117 Å². The number of hydrogen-bond donors (Lipinski definition) is 2. The zero-order valence-electron chi connectivity index (χ0n) is 10.3. The number of nitrogens with one attached hydrogen (secondary N) is 1. The third-order valence-electron chi connectivity index (χ3n) is 2.52. The van der Waals surface area contributed by atoms with Crippen molar-refractivity contribution in [3.05, 3.63) is 34.3 Å². The van der Waals surface area contributed by atoms with E-state index in [1.165, 1.54) is 12.1 Å². The van der Waals surface area contributed by atoms with E-state index in [1.807, 2.05) is 0 Å². The van der Waals surface area contributed by atoms with Crippen LogP contribution in [0.15, 0.2) is 18.2 Å². The molecule has 0 saturated heterocycles.